The third kappa shape index (κ3) is 3.54. The highest BCUT2D eigenvalue weighted by Gasteiger charge is 2.33. The predicted octanol–water partition coefficient (Wildman–Crippen LogP) is 5.21. The fourth-order valence-corrected chi connectivity index (χ4v) is 4.24. The van der Waals surface area contributed by atoms with Crippen molar-refractivity contribution in [2.75, 3.05) is 0 Å². The molecule has 0 radical (unpaired) electrons. The van der Waals surface area contributed by atoms with E-state index in [1.54, 1.807) is 0 Å². The number of fused-ring (bicyclic) bond motifs is 2. The van der Waals surface area contributed by atoms with Crippen LogP contribution in [0, 0.1) is 5.92 Å². The predicted molar refractivity (Wildman–Crippen MR) is 94.3 cm³/mol. The average Bonchev–Trinajstić information content (AvgIpc) is 2.90. The number of hydrogen-bond donors (Lipinski definition) is 1. The van der Waals surface area contributed by atoms with Crippen LogP contribution in [0.3, 0.4) is 0 Å². The highest BCUT2D eigenvalue weighted by Crippen LogP contribution is 2.35. The molecule has 0 amide bonds. The molecule has 0 saturated carbocycles. The van der Waals surface area contributed by atoms with Gasteiger partial charge < -0.3 is 10.1 Å². The second kappa shape index (κ2) is 6.54. The fraction of sp³-hybridized carbons (Fsp3) is 0.400. The second-order valence-electron chi connectivity index (χ2n) is 6.85. The van der Waals surface area contributed by atoms with Crippen LogP contribution in [0.5, 0.6) is 11.5 Å². The highest BCUT2D eigenvalue weighted by atomic mass is 35.5. The third-order valence-corrected chi connectivity index (χ3v) is 5.44. The largest absolute Gasteiger partial charge is 0.457 e. The number of benzene rings is 2. The molecular formula is C20H22ClNO. The summed E-state index contributed by atoms with van der Waals surface area (Å²) in [7, 11) is 0. The van der Waals surface area contributed by atoms with Gasteiger partial charge in [-0.25, -0.2) is 0 Å². The molecule has 2 bridgehead atoms. The van der Waals surface area contributed by atoms with Crippen molar-refractivity contribution < 1.29 is 4.74 Å². The maximum atomic E-state index is 6.44. The Bertz CT molecular complexity index is 661. The van der Waals surface area contributed by atoms with Gasteiger partial charge in [0.15, 0.2) is 0 Å². The van der Waals surface area contributed by atoms with E-state index in [1.165, 1.54) is 31.2 Å². The van der Waals surface area contributed by atoms with E-state index in [1.807, 2.05) is 42.5 Å². The molecule has 2 saturated heterocycles. The van der Waals surface area contributed by atoms with E-state index in [0.717, 1.165) is 40.9 Å². The Morgan fingerprint density at radius 2 is 1.70 bits per heavy atom. The van der Waals surface area contributed by atoms with Crippen LogP contribution in [0.25, 0.3) is 0 Å². The van der Waals surface area contributed by atoms with Crippen LogP contribution >= 0.6 is 11.6 Å². The number of rotatable bonds is 4. The van der Waals surface area contributed by atoms with Gasteiger partial charge in [0.05, 0.1) is 0 Å². The Hall–Kier alpha value is -1.51. The molecule has 3 atom stereocenters. The van der Waals surface area contributed by atoms with Crippen LogP contribution in [-0.4, -0.2) is 12.1 Å². The van der Waals surface area contributed by atoms with Crippen molar-refractivity contribution in [2.45, 2.75) is 44.2 Å². The van der Waals surface area contributed by atoms with Crippen molar-refractivity contribution in [1.29, 1.82) is 0 Å². The highest BCUT2D eigenvalue weighted by molar-refractivity contribution is 6.31. The van der Waals surface area contributed by atoms with E-state index in [-0.39, 0.29) is 0 Å². The smallest absolute Gasteiger partial charge is 0.127 e. The van der Waals surface area contributed by atoms with Gasteiger partial charge in [0.25, 0.3) is 0 Å². The lowest BCUT2D eigenvalue weighted by atomic mass is 9.87. The summed E-state index contributed by atoms with van der Waals surface area (Å²) in [5, 5.41) is 4.56. The monoisotopic (exact) mass is 327 g/mol. The van der Waals surface area contributed by atoms with Crippen LogP contribution < -0.4 is 10.1 Å². The first kappa shape index (κ1) is 15.0. The molecule has 23 heavy (non-hydrogen) atoms. The summed E-state index contributed by atoms with van der Waals surface area (Å²) in [6.45, 7) is 0. The zero-order valence-corrected chi connectivity index (χ0v) is 13.9. The van der Waals surface area contributed by atoms with Gasteiger partial charge in [0.2, 0.25) is 0 Å². The van der Waals surface area contributed by atoms with Gasteiger partial charge in [-0.15, -0.1) is 0 Å². The lowest BCUT2D eigenvalue weighted by Gasteiger charge is -2.29. The first-order valence-corrected chi connectivity index (χ1v) is 8.91. The summed E-state index contributed by atoms with van der Waals surface area (Å²) < 4.78 is 5.95. The summed E-state index contributed by atoms with van der Waals surface area (Å²) in [6, 6.07) is 17.4. The summed E-state index contributed by atoms with van der Waals surface area (Å²) in [5.74, 6) is 2.46. The molecule has 2 aromatic rings. The Labute approximate surface area is 142 Å². The average molecular weight is 328 g/mol. The number of nitrogens with one attached hydrogen (secondary N) is 1. The number of hydrogen-bond acceptors (Lipinski definition) is 2. The molecule has 2 nitrogen and oxygen atoms in total. The maximum Gasteiger partial charge on any atom is 0.127 e. The lowest BCUT2D eigenvalue weighted by molar-refractivity contribution is 0.298. The summed E-state index contributed by atoms with van der Waals surface area (Å²) in [4.78, 5) is 0. The second-order valence-corrected chi connectivity index (χ2v) is 7.25. The molecule has 2 heterocycles. The van der Waals surface area contributed by atoms with Gasteiger partial charge in [0, 0.05) is 17.1 Å². The van der Waals surface area contributed by atoms with Crippen molar-refractivity contribution in [3.05, 3.63) is 59.1 Å². The molecule has 3 heteroatoms. The molecular weight excluding hydrogens is 306 g/mol. The quantitative estimate of drug-likeness (QED) is 0.832. The van der Waals surface area contributed by atoms with Crippen molar-refractivity contribution in [3.8, 4) is 11.5 Å². The zero-order valence-electron chi connectivity index (χ0n) is 13.2. The van der Waals surface area contributed by atoms with Crippen LogP contribution in [0.4, 0.5) is 0 Å². The van der Waals surface area contributed by atoms with E-state index in [4.69, 9.17) is 16.3 Å². The number of piperidine rings is 1. The van der Waals surface area contributed by atoms with Crippen LogP contribution in [0.15, 0.2) is 48.5 Å². The summed E-state index contributed by atoms with van der Waals surface area (Å²) >= 11 is 6.44. The normalized spacial score (nSPS) is 26.2. The Morgan fingerprint density at radius 3 is 2.43 bits per heavy atom. The van der Waals surface area contributed by atoms with E-state index in [2.05, 4.69) is 11.4 Å². The Kier molecular flexibility index (Phi) is 4.28. The Balaban J connectivity index is 1.48. The molecule has 120 valence electrons. The lowest BCUT2D eigenvalue weighted by Crippen LogP contribution is -2.38. The minimum absolute atomic E-state index is 0.723. The molecule has 0 aromatic heterocycles. The molecule has 0 unspecified atom stereocenters. The van der Waals surface area contributed by atoms with Crippen LogP contribution in [0.1, 0.15) is 31.2 Å². The molecule has 2 aromatic carbocycles. The van der Waals surface area contributed by atoms with E-state index in [9.17, 15) is 0 Å². The molecule has 4 rings (SSSR count). The van der Waals surface area contributed by atoms with Gasteiger partial charge in [-0.2, -0.15) is 0 Å². The zero-order chi connectivity index (χ0) is 15.6. The minimum Gasteiger partial charge on any atom is -0.457 e. The molecule has 0 spiro atoms. The van der Waals surface area contributed by atoms with Gasteiger partial charge in [0.1, 0.15) is 11.5 Å². The minimum atomic E-state index is 0.723. The first-order valence-electron chi connectivity index (χ1n) is 8.53. The van der Waals surface area contributed by atoms with Crippen molar-refractivity contribution in [2.24, 2.45) is 5.92 Å². The van der Waals surface area contributed by atoms with Gasteiger partial charge in [-0.05, 0) is 73.9 Å². The van der Waals surface area contributed by atoms with E-state index in [0.29, 0.717) is 0 Å². The first-order chi connectivity index (χ1) is 11.3. The fourth-order valence-electron chi connectivity index (χ4n) is 4.05. The molecule has 2 fully saturated rings. The van der Waals surface area contributed by atoms with Crippen molar-refractivity contribution >= 4 is 11.6 Å². The Morgan fingerprint density at radius 1 is 0.957 bits per heavy atom. The van der Waals surface area contributed by atoms with Gasteiger partial charge in [-0.3, -0.25) is 0 Å². The maximum absolute atomic E-state index is 6.44. The van der Waals surface area contributed by atoms with Crippen molar-refractivity contribution in [1.82, 2.24) is 5.32 Å². The summed E-state index contributed by atoms with van der Waals surface area (Å²) in [6.07, 6.45) is 6.28. The number of para-hydroxylation sites is 1. The standard InChI is InChI=1S/C20H22ClNO/c21-20-9-8-19(23-18-4-2-1-3-5-18)13-15(20)10-14-11-16-6-7-17(12-14)22-16/h1-5,8-9,13-14,16-17,22H,6-7,10-12H2/t14-,16-,17+. The van der Waals surface area contributed by atoms with Crippen LogP contribution in [-0.2, 0) is 6.42 Å². The molecule has 1 N–H and O–H groups in total. The van der Waals surface area contributed by atoms with E-state index >= 15 is 0 Å². The van der Waals surface area contributed by atoms with Gasteiger partial charge >= 0.3 is 0 Å². The van der Waals surface area contributed by atoms with Crippen LogP contribution in [0.2, 0.25) is 5.02 Å². The number of halogens is 1. The summed E-state index contributed by atoms with van der Waals surface area (Å²) in [5.41, 5.74) is 1.21. The molecule has 2 aliphatic rings. The number of ether oxygens (including phenoxy) is 1. The third-order valence-electron chi connectivity index (χ3n) is 5.08. The molecule has 2 aliphatic heterocycles. The SMILES string of the molecule is Clc1ccc(Oc2ccccc2)cc1C[C@@H]1C[C@H]2CC[C@@H](C1)N2. The van der Waals surface area contributed by atoms with E-state index < -0.39 is 0 Å². The molecule has 0 aliphatic carbocycles. The van der Waals surface area contributed by atoms with Crippen molar-refractivity contribution in [3.63, 3.8) is 0 Å². The topological polar surface area (TPSA) is 21.3 Å². The van der Waals surface area contributed by atoms with Gasteiger partial charge in [-0.1, -0.05) is 29.8 Å².